The summed E-state index contributed by atoms with van der Waals surface area (Å²) in [6, 6.07) is 8.22. The van der Waals surface area contributed by atoms with Gasteiger partial charge in [-0.15, -0.1) is 0 Å². The lowest BCUT2D eigenvalue weighted by atomic mass is 10.0. The van der Waals surface area contributed by atoms with Gasteiger partial charge in [-0.2, -0.15) is 0 Å². The largest absolute Gasteiger partial charge is 0.457 e. The predicted octanol–water partition coefficient (Wildman–Crippen LogP) is 4.06. The van der Waals surface area contributed by atoms with E-state index in [9.17, 15) is 19.2 Å². The molecule has 0 N–H and O–H groups in total. The SMILES string of the molecule is CC(C)(C)OC(=O)/C=C(/C(=O)OC(C)(C)C)C(=O)N(C(=O)c1ccccc1)C(C)(C)C. The van der Waals surface area contributed by atoms with Crippen LogP contribution in [0.5, 0.6) is 0 Å². The lowest BCUT2D eigenvalue weighted by Gasteiger charge is -2.34. The number of ether oxygens (including phenoxy) is 2. The fraction of sp³-hybridized carbons (Fsp3) is 0.500. The first-order valence-corrected chi connectivity index (χ1v) is 10.0. The number of amides is 2. The van der Waals surface area contributed by atoms with Gasteiger partial charge in [-0.1, -0.05) is 18.2 Å². The lowest BCUT2D eigenvalue weighted by molar-refractivity contribution is -0.154. The van der Waals surface area contributed by atoms with Gasteiger partial charge in [0.25, 0.3) is 11.8 Å². The van der Waals surface area contributed by atoms with Gasteiger partial charge in [0.1, 0.15) is 16.8 Å². The van der Waals surface area contributed by atoms with Gasteiger partial charge in [0.05, 0.1) is 0 Å². The van der Waals surface area contributed by atoms with Gasteiger partial charge >= 0.3 is 11.9 Å². The van der Waals surface area contributed by atoms with E-state index in [1.807, 2.05) is 0 Å². The third kappa shape index (κ3) is 8.36. The maximum atomic E-state index is 13.5. The van der Waals surface area contributed by atoms with Crippen LogP contribution in [0.15, 0.2) is 42.0 Å². The summed E-state index contributed by atoms with van der Waals surface area (Å²) in [6.07, 6.45) is 0.790. The quantitative estimate of drug-likeness (QED) is 0.309. The number of nitrogens with zero attached hydrogens (tertiary/aromatic N) is 1. The number of hydrogen-bond acceptors (Lipinski definition) is 6. The van der Waals surface area contributed by atoms with Crippen LogP contribution in [0.3, 0.4) is 0 Å². The predicted molar refractivity (Wildman–Crippen MR) is 117 cm³/mol. The van der Waals surface area contributed by atoms with E-state index >= 15 is 0 Å². The fourth-order valence-corrected chi connectivity index (χ4v) is 2.52. The number of imide groups is 1. The summed E-state index contributed by atoms with van der Waals surface area (Å²) in [7, 11) is 0. The van der Waals surface area contributed by atoms with Crippen LogP contribution in [0.1, 0.15) is 72.7 Å². The van der Waals surface area contributed by atoms with Gasteiger partial charge in [0.15, 0.2) is 0 Å². The Hall–Kier alpha value is -2.96. The van der Waals surface area contributed by atoms with E-state index in [-0.39, 0.29) is 5.56 Å². The van der Waals surface area contributed by atoms with E-state index in [0.29, 0.717) is 0 Å². The average Bonchev–Trinajstić information content (AvgIpc) is 2.56. The first-order valence-electron chi connectivity index (χ1n) is 10.0. The van der Waals surface area contributed by atoms with Crippen LogP contribution in [-0.2, 0) is 23.9 Å². The second-order valence-electron chi connectivity index (χ2n) is 10.1. The zero-order valence-electron chi connectivity index (χ0n) is 19.9. The third-order valence-corrected chi connectivity index (χ3v) is 3.62. The molecule has 0 aromatic heterocycles. The van der Waals surface area contributed by atoms with Crippen molar-refractivity contribution in [2.24, 2.45) is 0 Å². The summed E-state index contributed by atoms with van der Waals surface area (Å²) in [5, 5.41) is 0. The van der Waals surface area contributed by atoms with Gasteiger partial charge < -0.3 is 9.47 Å². The lowest BCUT2D eigenvalue weighted by Crippen LogP contribution is -2.51. The summed E-state index contributed by atoms with van der Waals surface area (Å²) in [6.45, 7) is 14.9. The van der Waals surface area contributed by atoms with E-state index in [1.54, 1.807) is 92.6 Å². The van der Waals surface area contributed by atoms with Gasteiger partial charge in [0, 0.05) is 17.2 Å². The highest BCUT2D eigenvalue weighted by Gasteiger charge is 2.39. The molecule has 0 spiro atoms. The first-order chi connectivity index (χ1) is 13.9. The minimum absolute atomic E-state index is 0.270. The molecule has 0 aliphatic rings. The highest BCUT2D eigenvalue weighted by Crippen LogP contribution is 2.23. The number of hydrogen-bond donors (Lipinski definition) is 0. The molecule has 7 heteroatoms. The number of benzene rings is 1. The Morgan fingerprint density at radius 2 is 1.26 bits per heavy atom. The van der Waals surface area contributed by atoms with Crippen LogP contribution < -0.4 is 0 Å². The van der Waals surface area contributed by atoms with E-state index in [4.69, 9.17) is 9.47 Å². The Morgan fingerprint density at radius 3 is 1.68 bits per heavy atom. The molecule has 0 aliphatic carbocycles. The standard InChI is InChI=1S/C24H33NO6/c1-22(2,3)25(19(27)16-13-11-10-12-14-16)20(28)17(21(29)31-24(7,8)9)15-18(26)30-23(4,5)6/h10-15H,1-9H3/b17-15+. The molecule has 0 saturated heterocycles. The van der Waals surface area contributed by atoms with Gasteiger partial charge in [0.2, 0.25) is 0 Å². The molecule has 1 rings (SSSR count). The highest BCUT2D eigenvalue weighted by molar-refractivity contribution is 6.24. The van der Waals surface area contributed by atoms with Crippen LogP contribution in [0.4, 0.5) is 0 Å². The molecule has 0 heterocycles. The molecular formula is C24H33NO6. The molecule has 1 aromatic rings. The van der Waals surface area contributed by atoms with Crippen LogP contribution in [0, 0.1) is 0 Å². The molecule has 170 valence electrons. The molecule has 1 aromatic carbocycles. The second kappa shape index (κ2) is 9.45. The second-order valence-corrected chi connectivity index (χ2v) is 10.1. The molecule has 0 radical (unpaired) electrons. The van der Waals surface area contributed by atoms with Crippen molar-refractivity contribution in [2.75, 3.05) is 0 Å². The zero-order chi connectivity index (χ0) is 24.2. The summed E-state index contributed by atoms with van der Waals surface area (Å²) >= 11 is 0. The number of carbonyl (C=O) groups excluding carboxylic acids is 4. The number of carbonyl (C=O) groups is 4. The van der Waals surface area contributed by atoms with Crippen molar-refractivity contribution in [3.05, 3.63) is 47.5 Å². The van der Waals surface area contributed by atoms with Crippen LogP contribution in [0.2, 0.25) is 0 Å². The molecule has 31 heavy (non-hydrogen) atoms. The monoisotopic (exact) mass is 431 g/mol. The number of rotatable bonds is 4. The molecule has 2 amide bonds. The number of esters is 2. The van der Waals surface area contributed by atoms with E-state index < -0.39 is 46.1 Å². The Kier molecular flexibility index (Phi) is 7.95. The molecule has 7 nitrogen and oxygen atoms in total. The van der Waals surface area contributed by atoms with Gasteiger partial charge in [-0.05, 0) is 74.4 Å². The van der Waals surface area contributed by atoms with Crippen molar-refractivity contribution in [1.29, 1.82) is 0 Å². The minimum Gasteiger partial charge on any atom is -0.457 e. The maximum absolute atomic E-state index is 13.5. The summed E-state index contributed by atoms with van der Waals surface area (Å²) in [5.74, 6) is -3.44. The van der Waals surface area contributed by atoms with Crippen LogP contribution in [0.25, 0.3) is 0 Å². The van der Waals surface area contributed by atoms with Gasteiger partial charge in [-0.3, -0.25) is 14.5 Å². The summed E-state index contributed by atoms with van der Waals surface area (Å²) < 4.78 is 10.6. The first kappa shape index (κ1) is 26.1. The normalized spacial score (nSPS) is 12.7. The Bertz CT molecular complexity index is 864. The van der Waals surface area contributed by atoms with E-state index in [0.717, 1.165) is 11.0 Å². The zero-order valence-corrected chi connectivity index (χ0v) is 19.9. The minimum atomic E-state index is -1.02. The molecule has 0 saturated carbocycles. The van der Waals surface area contributed by atoms with Crippen LogP contribution in [-0.4, -0.2) is 45.4 Å². The topological polar surface area (TPSA) is 90.0 Å². The molecular weight excluding hydrogens is 398 g/mol. The molecule has 0 atom stereocenters. The molecule has 0 bridgehead atoms. The van der Waals surface area contributed by atoms with Gasteiger partial charge in [-0.25, -0.2) is 9.59 Å². The third-order valence-electron chi connectivity index (χ3n) is 3.62. The Balaban J connectivity index is 3.51. The maximum Gasteiger partial charge on any atom is 0.344 e. The summed E-state index contributed by atoms with van der Waals surface area (Å²) in [4.78, 5) is 52.8. The van der Waals surface area contributed by atoms with Crippen LogP contribution >= 0.6 is 0 Å². The average molecular weight is 432 g/mol. The molecule has 0 fully saturated rings. The molecule has 0 aliphatic heterocycles. The van der Waals surface area contributed by atoms with Crippen molar-refractivity contribution in [2.45, 2.75) is 79.1 Å². The van der Waals surface area contributed by atoms with E-state index in [2.05, 4.69) is 0 Å². The van der Waals surface area contributed by atoms with E-state index in [1.165, 1.54) is 0 Å². The van der Waals surface area contributed by atoms with Crippen molar-refractivity contribution >= 4 is 23.8 Å². The Morgan fingerprint density at radius 1 is 0.774 bits per heavy atom. The summed E-state index contributed by atoms with van der Waals surface area (Å²) in [5.41, 5.74) is -3.05. The van der Waals surface area contributed by atoms with Crippen molar-refractivity contribution in [3.8, 4) is 0 Å². The van der Waals surface area contributed by atoms with Crippen molar-refractivity contribution in [1.82, 2.24) is 4.90 Å². The fourth-order valence-electron chi connectivity index (χ4n) is 2.52. The van der Waals surface area contributed by atoms with Crippen molar-refractivity contribution < 1.29 is 28.7 Å². The smallest absolute Gasteiger partial charge is 0.344 e. The Labute approximate surface area is 184 Å². The highest BCUT2D eigenvalue weighted by atomic mass is 16.6. The molecule has 0 unspecified atom stereocenters. The van der Waals surface area contributed by atoms with Crippen molar-refractivity contribution in [3.63, 3.8) is 0 Å².